The topological polar surface area (TPSA) is 87.4 Å². The van der Waals surface area contributed by atoms with Crippen molar-refractivity contribution in [1.82, 2.24) is 20.0 Å². The van der Waals surface area contributed by atoms with Gasteiger partial charge in [0.2, 0.25) is 0 Å². The second-order valence-electron chi connectivity index (χ2n) is 7.84. The van der Waals surface area contributed by atoms with Crippen molar-refractivity contribution in [3.63, 3.8) is 0 Å². The molecule has 8 heteroatoms. The van der Waals surface area contributed by atoms with Crippen molar-refractivity contribution in [3.8, 4) is 0 Å². The van der Waals surface area contributed by atoms with Gasteiger partial charge in [-0.15, -0.1) is 0 Å². The number of nitrogens with zero attached hydrogens (tertiary/aromatic N) is 5. The van der Waals surface area contributed by atoms with Crippen LogP contribution in [0.3, 0.4) is 0 Å². The largest absolute Gasteiger partial charge is 0.368 e. The molecule has 0 radical (unpaired) electrons. The van der Waals surface area contributed by atoms with E-state index in [1.54, 1.807) is 0 Å². The summed E-state index contributed by atoms with van der Waals surface area (Å²) in [6.07, 6.45) is 1.81. The summed E-state index contributed by atoms with van der Waals surface area (Å²) in [7, 11) is 2.13. The Kier molecular flexibility index (Phi) is 5.19. The van der Waals surface area contributed by atoms with Gasteiger partial charge in [0.05, 0.1) is 28.5 Å². The molecule has 0 spiro atoms. The second kappa shape index (κ2) is 7.79. The van der Waals surface area contributed by atoms with Gasteiger partial charge in [0.15, 0.2) is 0 Å². The van der Waals surface area contributed by atoms with E-state index in [1.807, 2.05) is 45.2 Å². The van der Waals surface area contributed by atoms with Crippen LogP contribution >= 0.6 is 0 Å². The number of carbonyl (C=O) groups excluding carboxylic acids is 1. The van der Waals surface area contributed by atoms with Gasteiger partial charge < -0.3 is 19.6 Å². The molecule has 8 nitrogen and oxygen atoms in total. The fourth-order valence-corrected chi connectivity index (χ4v) is 3.48. The Morgan fingerprint density at radius 2 is 1.97 bits per heavy atom. The smallest absolute Gasteiger partial charge is 0.259 e. The third-order valence-electron chi connectivity index (χ3n) is 5.33. The number of rotatable bonds is 4. The van der Waals surface area contributed by atoms with Crippen LogP contribution in [0.4, 0.5) is 11.5 Å². The van der Waals surface area contributed by atoms with Crippen LogP contribution in [0, 0.1) is 6.92 Å². The molecule has 3 aromatic heterocycles. The van der Waals surface area contributed by atoms with Gasteiger partial charge >= 0.3 is 0 Å². The Balaban J connectivity index is 1.56. The third kappa shape index (κ3) is 3.93. The molecule has 1 N–H and O–H groups in total. The quantitative estimate of drug-likeness (QED) is 0.728. The van der Waals surface area contributed by atoms with E-state index in [0.29, 0.717) is 28.2 Å². The highest BCUT2D eigenvalue weighted by Gasteiger charge is 2.20. The molecule has 4 rings (SSSR count). The molecule has 1 saturated heterocycles. The highest BCUT2D eigenvalue weighted by molar-refractivity contribution is 6.12. The van der Waals surface area contributed by atoms with Gasteiger partial charge in [0.1, 0.15) is 5.82 Å². The molecule has 0 bridgehead atoms. The van der Waals surface area contributed by atoms with Crippen LogP contribution < -0.4 is 10.2 Å². The van der Waals surface area contributed by atoms with Crippen molar-refractivity contribution < 1.29 is 9.32 Å². The molecule has 0 unspecified atom stereocenters. The number of aromatic nitrogens is 3. The summed E-state index contributed by atoms with van der Waals surface area (Å²) in [5, 5.41) is 7.51. The fraction of sp³-hybridized carbons (Fsp3) is 0.429. The maximum atomic E-state index is 13.0. The number of hydrogen-bond acceptors (Lipinski definition) is 7. The Morgan fingerprint density at radius 3 is 2.62 bits per heavy atom. The number of carbonyl (C=O) groups is 1. The number of fused-ring (bicyclic) bond motifs is 1. The molecule has 152 valence electrons. The molecule has 0 atom stereocenters. The van der Waals surface area contributed by atoms with E-state index in [2.05, 4.69) is 37.3 Å². The van der Waals surface area contributed by atoms with Crippen LogP contribution in [0.2, 0.25) is 0 Å². The van der Waals surface area contributed by atoms with Gasteiger partial charge in [-0.25, -0.2) is 9.97 Å². The minimum atomic E-state index is -0.245. The van der Waals surface area contributed by atoms with Gasteiger partial charge in [-0.3, -0.25) is 4.79 Å². The molecule has 1 aliphatic rings. The summed E-state index contributed by atoms with van der Waals surface area (Å²) in [6, 6.07) is 5.65. The van der Waals surface area contributed by atoms with Gasteiger partial charge in [-0.1, -0.05) is 19.0 Å². The highest BCUT2D eigenvalue weighted by atomic mass is 16.5. The molecule has 1 amide bonds. The van der Waals surface area contributed by atoms with Crippen molar-refractivity contribution in [1.29, 1.82) is 0 Å². The zero-order valence-electron chi connectivity index (χ0n) is 17.3. The monoisotopic (exact) mass is 394 g/mol. The molecule has 0 aromatic carbocycles. The SMILES string of the molecule is Cc1noc2nc(C(C)C)cc(C(=O)Nc3ccc(N4CCN(C)CC4)cn3)c12. The van der Waals surface area contributed by atoms with E-state index in [1.165, 1.54) is 0 Å². The van der Waals surface area contributed by atoms with Crippen LogP contribution in [0.5, 0.6) is 0 Å². The molecule has 1 fully saturated rings. The van der Waals surface area contributed by atoms with Crippen LogP contribution in [0.1, 0.15) is 41.5 Å². The molecular formula is C21H26N6O2. The second-order valence-corrected chi connectivity index (χ2v) is 7.84. The van der Waals surface area contributed by atoms with Gasteiger partial charge in [-0.05, 0) is 38.1 Å². The average Bonchev–Trinajstić information content (AvgIpc) is 3.09. The Hall–Kier alpha value is -3.00. The van der Waals surface area contributed by atoms with E-state index in [0.717, 1.165) is 37.6 Å². The Morgan fingerprint density at radius 1 is 1.21 bits per heavy atom. The summed E-state index contributed by atoms with van der Waals surface area (Å²) in [5.41, 5.74) is 3.39. The standard InChI is InChI=1S/C21H26N6O2/c1-13(2)17-11-16(19-14(3)25-29-21(19)23-17)20(28)24-18-6-5-15(12-22-18)27-9-7-26(4)8-10-27/h5-6,11-13H,7-10H2,1-4H3,(H,22,24,28). The first-order chi connectivity index (χ1) is 13.9. The first-order valence-electron chi connectivity index (χ1n) is 9.90. The summed E-state index contributed by atoms with van der Waals surface area (Å²) in [4.78, 5) is 26.6. The lowest BCUT2D eigenvalue weighted by Crippen LogP contribution is -2.44. The van der Waals surface area contributed by atoms with Crippen molar-refractivity contribution in [2.45, 2.75) is 26.7 Å². The normalized spacial score (nSPS) is 15.3. The Bertz CT molecular complexity index is 1020. The number of piperazine rings is 1. The van der Waals surface area contributed by atoms with Crippen LogP contribution in [-0.4, -0.2) is 59.2 Å². The lowest BCUT2D eigenvalue weighted by Gasteiger charge is -2.33. The number of aryl methyl sites for hydroxylation is 1. The van der Waals surface area contributed by atoms with Crippen LogP contribution in [0.15, 0.2) is 28.9 Å². The van der Waals surface area contributed by atoms with E-state index in [9.17, 15) is 4.79 Å². The maximum Gasteiger partial charge on any atom is 0.259 e. The molecule has 0 aliphatic carbocycles. The molecule has 1 aliphatic heterocycles. The number of pyridine rings is 2. The minimum Gasteiger partial charge on any atom is -0.368 e. The average molecular weight is 394 g/mol. The van der Waals surface area contributed by atoms with Crippen molar-refractivity contribution in [2.75, 3.05) is 43.4 Å². The lowest BCUT2D eigenvalue weighted by molar-refractivity contribution is 0.102. The van der Waals surface area contributed by atoms with E-state index in [4.69, 9.17) is 4.52 Å². The minimum absolute atomic E-state index is 0.164. The van der Waals surface area contributed by atoms with E-state index in [-0.39, 0.29) is 11.8 Å². The van der Waals surface area contributed by atoms with E-state index >= 15 is 0 Å². The number of anilines is 2. The molecule has 4 heterocycles. The highest BCUT2D eigenvalue weighted by Crippen LogP contribution is 2.26. The molecular weight excluding hydrogens is 368 g/mol. The fourth-order valence-electron chi connectivity index (χ4n) is 3.48. The predicted octanol–water partition coefficient (Wildman–Crippen LogP) is 3.05. The van der Waals surface area contributed by atoms with E-state index < -0.39 is 0 Å². The molecule has 3 aromatic rings. The zero-order valence-corrected chi connectivity index (χ0v) is 17.3. The predicted molar refractivity (Wildman–Crippen MR) is 113 cm³/mol. The summed E-state index contributed by atoms with van der Waals surface area (Å²) in [5.74, 6) is 0.431. The van der Waals surface area contributed by atoms with Crippen molar-refractivity contribution in [2.24, 2.45) is 0 Å². The lowest BCUT2D eigenvalue weighted by atomic mass is 10.0. The summed E-state index contributed by atoms with van der Waals surface area (Å²) >= 11 is 0. The first kappa shape index (κ1) is 19.3. The molecule has 29 heavy (non-hydrogen) atoms. The number of nitrogens with one attached hydrogen (secondary N) is 1. The molecule has 0 saturated carbocycles. The van der Waals surface area contributed by atoms with Gasteiger partial charge in [-0.2, -0.15) is 0 Å². The third-order valence-corrected chi connectivity index (χ3v) is 5.33. The van der Waals surface area contributed by atoms with Crippen molar-refractivity contribution in [3.05, 3.63) is 41.3 Å². The Labute approximate surface area is 169 Å². The van der Waals surface area contributed by atoms with Crippen molar-refractivity contribution >= 4 is 28.5 Å². The van der Waals surface area contributed by atoms with Crippen LogP contribution in [-0.2, 0) is 0 Å². The van der Waals surface area contributed by atoms with Gasteiger partial charge in [0.25, 0.3) is 11.6 Å². The number of likely N-dealkylation sites (N-methyl/N-ethyl adjacent to an activating group) is 1. The summed E-state index contributed by atoms with van der Waals surface area (Å²) < 4.78 is 5.31. The number of hydrogen-bond donors (Lipinski definition) is 1. The first-order valence-corrected chi connectivity index (χ1v) is 9.90. The zero-order chi connectivity index (χ0) is 20.5. The number of amides is 1. The van der Waals surface area contributed by atoms with Crippen LogP contribution in [0.25, 0.3) is 11.1 Å². The maximum absolute atomic E-state index is 13.0. The summed E-state index contributed by atoms with van der Waals surface area (Å²) in [6.45, 7) is 9.88. The van der Waals surface area contributed by atoms with Gasteiger partial charge in [0, 0.05) is 31.9 Å².